The topological polar surface area (TPSA) is 70.6 Å². The summed E-state index contributed by atoms with van der Waals surface area (Å²) in [6.07, 6.45) is 2.94. The molecule has 2 aromatic carbocycles. The van der Waals surface area contributed by atoms with Gasteiger partial charge in [0.2, 0.25) is 5.91 Å². The highest BCUT2D eigenvalue weighted by Crippen LogP contribution is 2.48. The maximum absolute atomic E-state index is 12.0. The van der Waals surface area contributed by atoms with E-state index in [-0.39, 0.29) is 5.91 Å². The zero-order valence-corrected chi connectivity index (χ0v) is 20.6. The molecule has 0 radical (unpaired) electrons. The Kier molecular flexibility index (Phi) is 6.00. The summed E-state index contributed by atoms with van der Waals surface area (Å²) in [5.41, 5.74) is 5.42. The van der Waals surface area contributed by atoms with Gasteiger partial charge >= 0.3 is 0 Å². The van der Waals surface area contributed by atoms with Crippen LogP contribution in [0.25, 0.3) is 22.0 Å². The van der Waals surface area contributed by atoms with E-state index in [4.69, 9.17) is 27.9 Å². The number of nitrogens with zero attached hydrogens (tertiary/aromatic N) is 4. The predicted molar refractivity (Wildman–Crippen MR) is 137 cm³/mol. The second-order valence-electron chi connectivity index (χ2n) is 8.50. The summed E-state index contributed by atoms with van der Waals surface area (Å²) in [7, 11) is 0. The van der Waals surface area contributed by atoms with Crippen molar-refractivity contribution >= 4 is 51.5 Å². The minimum absolute atomic E-state index is 0.0437. The lowest BCUT2D eigenvalue weighted by Gasteiger charge is -2.35. The lowest BCUT2D eigenvalue weighted by atomic mass is 9.91. The summed E-state index contributed by atoms with van der Waals surface area (Å²) >= 11 is 13.1. The quantitative estimate of drug-likeness (QED) is 0.509. The average Bonchev–Trinajstić information content (AvgIpc) is 2.82. The van der Waals surface area contributed by atoms with Gasteiger partial charge in [0, 0.05) is 54.3 Å². The van der Waals surface area contributed by atoms with Gasteiger partial charge in [-0.25, -0.2) is 9.97 Å². The number of amides is 1. The Bertz CT molecular complexity index is 1320. The zero-order valence-electron chi connectivity index (χ0n) is 19.1. The van der Waals surface area contributed by atoms with Crippen LogP contribution in [0.5, 0.6) is 5.75 Å². The zero-order chi connectivity index (χ0) is 24.0. The molecule has 1 N–H and O–H groups in total. The molecule has 176 valence electrons. The van der Waals surface area contributed by atoms with Crippen molar-refractivity contribution in [1.82, 2.24) is 14.9 Å². The smallest absolute Gasteiger partial charge is 0.246 e. The molecule has 1 saturated heterocycles. The van der Waals surface area contributed by atoms with Gasteiger partial charge in [0.1, 0.15) is 24.3 Å². The number of aromatic nitrogens is 2. The van der Waals surface area contributed by atoms with E-state index in [0.29, 0.717) is 55.1 Å². The molecule has 0 bridgehead atoms. The van der Waals surface area contributed by atoms with Gasteiger partial charge in [-0.3, -0.25) is 4.79 Å². The van der Waals surface area contributed by atoms with Gasteiger partial charge in [-0.2, -0.15) is 0 Å². The van der Waals surface area contributed by atoms with Crippen molar-refractivity contribution in [2.75, 3.05) is 49.5 Å². The number of piperazine rings is 1. The van der Waals surface area contributed by atoms with Crippen molar-refractivity contribution in [3.63, 3.8) is 0 Å². The summed E-state index contributed by atoms with van der Waals surface area (Å²) in [5.74, 6) is 1.51. The fourth-order valence-electron chi connectivity index (χ4n) is 4.79. The van der Waals surface area contributed by atoms with E-state index >= 15 is 0 Å². The van der Waals surface area contributed by atoms with Crippen LogP contribution in [0, 0.1) is 13.8 Å². The minimum atomic E-state index is -0.0437. The number of nitrogens with one attached hydrogen (secondary N) is 1. The molecule has 0 atom stereocenters. The number of carbonyl (C=O) groups excluding carboxylic acids is 1. The highest BCUT2D eigenvalue weighted by Gasteiger charge is 2.27. The highest BCUT2D eigenvalue weighted by atomic mass is 35.5. The molecule has 5 rings (SSSR count). The first-order chi connectivity index (χ1) is 16.4. The lowest BCUT2D eigenvalue weighted by molar-refractivity contribution is -0.126. The minimum Gasteiger partial charge on any atom is -0.489 e. The third-order valence-corrected chi connectivity index (χ3v) is 7.19. The molecule has 0 saturated carbocycles. The largest absolute Gasteiger partial charge is 0.489 e. The third-order valence-electron chi connectivity index (χ3n) is 6.50. The molecule has 2 aliphatic heterocycles. The van der Waals surface area contributed by atoms with Gasteiger partial charge in [0.25, 0.3) is 0 Å². The molecule has 1 amide bonds. The molecular formula is C25H25Cl2N5O2. The van der Waals surface area contributed by atoms with Gasteiger partial charge in [-0.1, -0.05) is 29.8 Å². The SMILES string of the molecule is C=CC(=O)N1CCN(c2ncnc3c4c(c(C)cc23)-c2c(C)c(Cl)cc(Cl)c2NCCO4)CC1. The molecule has 0 spiro atoms. The third kappa shape index (κ3) is 3.73. The van der Waals surface area contributed by atoms with Gasteiger partial charge in [-0.15, -0.1) is 0 Å². The molecule has 34 heavy (non-hydrogen) atoms. The summed E-state index contributed by atoms with van der Waals surface area (Å²) < 4.78 is 6.30. The number of rotatable bonds is 2. The van der Waals surface area contributed by atoms with E-state index in [1.54, 1.807) is 17.3 Å². The first-order valence-electron chi connectivity index (χ1n) is 11.2. The Morgan fingerprint density at radius 3 is 2.62 bits per heavy atom. The predicted octanol–water partition coefficient (Wildman–Crippen LogP) is 4.86. The number of ether oxygens (including phenoxy) is 1. The van der Waals surface area contributed by atoms with Crippen LogP contribution in [0.1, 0.15) is 11.1 Å². The van der Waals surface area contributed by atoms with Gasteiger partial charge in [-0.05, 0) is 43.2 Å². The summed E-state index contributed by atoms with van der Waals surface area (Å²) in [6, 6.07) is 3.88. The van der Waals surface area contributed by atoms with Crippen molar-refractivity contribution < 1.29 is 9.53 Å². The second-order valence-corrected chi connectivity index (χ2v) is 9.31. The van der Waals surface area contributed by atoms with Crippen molar-refractivity contribution in [2.45, 2.75) is 13.8 Å². The number of halogens is 2. The van der Waals surface area contributed by atoms with Crippen molar-refractivity contribution in [2.24, 2.45) is 0 Å². The van der Waals surface area contributed by atoms with Crippen molar-refractivity contribution in [3.05, 3.63) is 52.3 Å². The van der Waals surface area contributed by atoms with E-state index < -0.39 is 0 Å². The van der Waals surface area contributed by atoms with Crippen LogP contribution in [0.3, 0.4) is 0 Å². The lowest BCUT2D eigenvalue weighted by Crippen LogP contribution is -2.48. The molecular weight excluding hydrogens is 473 g/mol. The number of aryl methyl sites for hydroxylation is 1. The number of carbonyl (C=O) groups is 1. The van der Waals surface area contributed by atoms with E-state index in [1.165, 1.54) is 6.08 Å². The number of hydrogen-bond acceptors (Lipinski definition) is 6. The molecule has 2 aliphatic rings. The average molecular weight is 498 g/mol. The Morgan fingerprint density at radius 2 is 1.88 bits per heavy atom. The molecule has 3 heterocycles. The Labute approximate surface area is 208 Å². The number of benzene rings is 2. The Morgan fingerprint density at radius 1 is 1.12 bits per heavy atom. The van der Waals surface area contributed by atoms with Crippen LogP contribution in [-0.4, -0.2) is 60.1 Å². The summed E-state index contributed by atoms with van der Waals surface area (Å²) in [4.78, 5) is 25.2. The summed E-state index contributed by atoms with van der Waals surface area (Å²) in [6.45, 7) is 11.3. The van der Waals surface area contributed by atoms with Crippen LogP contribution < -0.4 is 15.0 Å². The van der Waals surface area contributed by atoms with Crippen LogP contribution in [0.2, 0.25) is 10.0 Å². The molecule has 0 aliphatic carbocycles. The van der Waals surface area contributed by atoms with Gasteiger partial charge < -0.3 is 19.9 Å². The maximum atomic E-state index is 12.0. The second kappa shape index (κ2) is 8.96. The normalized spacial score (nSPS) is 15.5. The number of fused-ring (bicyclic) bond motifs is 5. The maximum Gasteiger partial charge on any atom is 0.246 e. The number of hydrogen-bond donors (Lipinski definition) is 1. The Balaban J connectivity index is 1.67. The van der Waals surface area contributed by atoms with Gasteiger partial charge in [0.05, 0.1) is 10.7 Å². The number of anilines is 2. The molecule has 1 aromatic heterocycles. The van der Waals surface area contributed by atoms with Crippen molar-refractivity contribution in [1.29, 1.82) is 0 Å². The molecule has 7 nitrogen and oxygen atoms in total. The van der Waals surface area contributed by atoms with Gasteiger partial charge in [0.15, 0.2) is 5.75 Å². The first kappa shape index (κ1) is 22.7. The van der Waals surface area contributed by atoms with Crippen LogP contribution in [-0.2, 0) is 4.79 Å². The van der Waals surface area contributed by atoms with E-state index in [2.05, 4.69) is 39.8 Å². The molecule has 1 fully saturated rings. The van der Waals surface area contributed by atoms with E-state index in [0.717, 1.165) is 44.7 Å². The van der Waals surface area contributed by atoms with E-state index in [9.17, 15) is 4.79 Å². The molecule has 3 aromatic rings. The molecule has 9 heteroatoms. The fraction of sp³-hybridized carbons (Fsp3) is 0.320. The first-order valence-corrected chi connectivity index (χ1v) is 12.0. The Hall–Kier alpha value is -3.03. The fourth-order valence-corrected chi connectivity index (χ4v) is 5.32. The summed E-state index contributed by atoms with van der Waals surface area (Å²) in [5, 5.41) is 5.50. The molecule has 0 unspecified atom stereocenters. The van der Waals surface area contributed by atoms with Crippen LogP contribution in [0.15, 0.2) is 31.1 Å². The van der Waals surface area contributed by atoms with Crippen LogP contribution in [0.4, 0.5) is 11.5 Å². The van der Waals surface area contributed by atoms with Crippen LogP contribution >= 0.6 is 23.2 Å². The van der Waals surface area contributed by atoms with E-state index in [1.807, 2.05) is 6.92 Å². The highest BCUT2D eigenvalue weighted by molar-refractivity contribution is 6.38. The monoisotopic (exact) mass is 497 g/mol. The standard InChI is InChI=1S/C25H25Cl2N5O2/c1-4-19(33)31-6-8-32(9-7-31)25-16-11-14(2)20-21-15(3)17(26)12-18(27)23(21)28-5-10-34-24(20)22(16)29-13-30-25/h4,11-13,28H,1,5-10H2,2-3H3. The van der Waals surface area contributed by atoms with Crippen molar-refractivity contribution in [3.8, 4) is 16.9 Å².